The fraction of sp³-hybridized carbons (Fsp3) is 0.167. The minimum absolute atomic E-state index is 0.0514. The lowest BCUT2D eigenvalue weighted by atomic mass is 10.2. The number of aromatic nitrogens is 1. The molecule has 0 aliphatic carbocycles. The maximum Gasteiger partial charge on any atom is 0.339 e. The summed E-state index contributed by atoms with van der Waals surface area (Å²) in [5, 5.41) is 3.39. The van der Waals surface area contributed by atoms with Gasteiger partial charge in [0, 0.05) is 0 Å². The summed E-state index contributed by atoms with van der Waals surface area (Å²) < 4.78 is 36.3. The van der Waals surface area contributed by atoms with Gasteiger partial charge in [-0.25, -0.2) is 13.2 Å². The lowest BCUT2D eigenvalue weighted by Gasteiger charge is -2.10. The molecule has 0 aliphatic rings. The summed E-state index contributed by atoms with van der Waals surface area (Å²) in [4.78, 5) is 11.4. The number of methoxy groups -OCH3 is 1. The lowest BCUT2D eigenvalue weighted by Crippen LogP contribution is -2.17. The third-order valence-corrected chi connectivity index (χ3v) is 4.20. The first-order chi connectivity index (χ1) is 9.86. The molecule has 2 rings (SSSR count). The van der Waals surface area contributed by atoms with Crippen LogP contribution in [0.4, 0.5) is 11.5 Å². The SMILES string of the molecule is COC(=O)c1ccccc1NS(=O)(=O)c1c(N)noc1C. The number of ether oxygens (including phenoxy) is 1. The quantitative estimate of drug-likeness (QED) is 0.811. The van der Waals surface area contributed by atoms with Gasteiger partial charge in [-0.1, -0.05) is 17.3 Å². The Hall–Kier alpha value is -2.55. The number of rotatable bonds is 4. The molecule has 8 nitrogen and oxygen atoms in total. The van der Waals surface area contributed by atoms with Gasteiger partial charge in [-0.15, -0.1) is 0 Å². The second kappa shape index (κ2) is 5.44. The molecule has 112 valence electrons. The summed E-state index contributed by atoms with van der Waals surface area (Å²) in [6.07, 6.45) is 0. The second-order valence-electron chi connectivity index (χ2n) is 4.10. The molecule has 2 aromatic rings. The summed E-state index contributed by atoms with van der Waals surface area (Å²) in [7, 11) is -2.83. The van der Waals surface area contributed by atoms with E-state index < -0.39 is 16.0 Å². The minimum Gasteiger partial charge on any atom is -0.465 e. The maximum absolute atomic E-state index is 12.3. The van der Waals surface area contributed by atoms with Crippen molar-refractivity contribution in [2.75, 3.05) is 17.6 Å². The first-order valence-electron chi connectivity index (χ1n) is 5.78. The Morgan fingerprint density at radius 1 is 1.38 bits per heavy atom. The predicted octanol–water partition coefficient (Wildman–Crippen LogP) is 1.15. The second-order valence-corrected chi connectivity index (χ2v) is 5.72. The highest BCUT2D eigenvalue weighted by atomic mass is 32.2. The number of nitrogens with one attached hydrogen (secondary N) is 1. The highest BCUT2D eigenvalue weighted by Crippen LogP contribution is 2.26. The van der Waals surface area contributed by atoms with Crippen LogP contribution >= 0.6 is 0 Å². The van der Waals surface area contributed by atoms with Crippen LogP contribution in [-0.2, 0) is 14.8 Å². The van der Waals surface area contributed by atoms with Crippen LogP contribution in [0.5, 0.6) is 0 Å². The molecule has 0 bridgehead atoms. The van der Waals surface area contributed by atoms with Gasteiger partial charge in [-0.05, 0) is 19.1 Å². The number of carbonyl (C=O) groups excluding carboxylic acids is 1. The van der Waals surface area contributed by atoms with Gasteiger partial charge in [0.1, 0.15) is 0 Å². The van der Waals surface area contributed by atoms with Crippen LogP contribution in [0.25, 0.3) is 0 Å². The van der Waals surface area contributed by atoms with E-state index >= 15 is 0 Å². The Morgan fingerprint density at radius 2 is 2.05 bits per heavy atom. The molecule has 9 heteroatoms. The van der Waals surface area contributed by atoms with Crippen LogP contribution in [0.1, 0.15) is 16.1 Å². The van der Waals surface area contributed by atoms with E-state index in [0.29, 0.717) is 0 Å². The van der Waals surface area contributed by atoms with E-state index in [-0.39, 0.29) is 27.7 Å². The van der Waals surface area contributed by atoms with Crippen molar-refractivity contribution in [2.45, 2.75) is 11.8 Å². The predicted molar refractivity (Wildman–Crippen MR) is 74.2 cm³/mol. The molecule has 0 saturated carbocycles. The van der Waals surface area contributed by atoms with Crippen molar-refractivity contribution in [3.63, 3.8) is 0 Å². The van der Waals surface area contributed by atoms with Gasteiger partial charge in [0.2, 0.25) is 0 Å². The monoisotopic (exact) mass is 311 g/mol. The number of aryl methyl sites for hydroxylation is 1. The Labute approximate surface area is 120 Å². The number of nitrogens with two attached hydrogens (primary N) is 1. The van der Waals surface area contributed by atoms with Gasteiger partial charge >= 0.3 is 5.97 Å². The molecule has 0 amide bonds. The third-order valence-electron chi connectivity index (χ3n) is 2.68. The first-order valence-corrected chi connectivity index (χ1v) is 7.27. The van der Waals surface area contributed by atoms with Crippen molar-refractivity contribution in [1.82, 2.24) is 5.16 Å². The van der Waals surface area contributed by atoms with Gasteiger partial charge in [-0.2, -0.15) is 0 Å². The van der Waals surface area contributed by atoms with Crippen LogP contribution < -0.4 is 10.5 Å². The summed E-state index contributed by atoms with van der Waals surface area (Å²) >= 11 is 0. The van der Waals surface area contributed by atoms with Crippen molar-refractivity contribution >= 4 is 27.5 Å². The molecule has 0 spiro atoms. The van der Waals surface area contributed by atoms with Crippen molar-refractivity contribution in [2.24, 2.45) is 0 Å². The number of benzene rings is 1. The minimum atomic E-state index is -4.03. The van der Waals surface area contributed by atoms with Gasteiger partial charge in [-0.3, -0.25) is 4.72 Å². The van der Waals surface area contributed by atoms with Crippen LogP contribution in [0, 0.1) is 6.92 Å². The first kappa shape index (κ1) is 14.9. The van der Waals surface area contributed by atoms with Gasteiger partial charge in [0.25, 0.3) is 10.0 Å². The standard InChI is InChI=1S/C12H13N3O5S/c1-7-10(11(13)14-20-7)21(17,18)15-9-6-4-3-5-8(9)12(16)19-2/h3-6,15H,1-2H3,(H2,13,14). The third kappa shape index (κ3) is 2.82. The van der Waals surface area contributed by atoms with E-state index in [4.69, 9.17) is 10.3 Å². The molecular weight excluding hydrogens is 298 g/mol. The number of para-hydroxylation sites is 1. The number of sulfonamides is 1. The molecule has 21 heavy (non-hydrogen) atoms. The molecule has 0 atom stereocenters. The highest BCUT2D eigenvalue weighted by molar-refractivity contribution is 7.93. The largest absolute Gasteiger partial charge is 0.465 e. The Kier molecular flexibility index (Phi) is 3.85. The average molecular weight is 311 g/mol. The summed E-state index contributed by atoms with van der Waals surface area (Å²) in [5.41, 5.74) is 5.64. The molecule has 0 radical (unpaired) electrons. The molecule has 3 N–H and O–H groups in total. The molecule has 0 saturated heterocycles. The Morgan fingerprint density at radius 3 is 2.62 bits per heavy atom. The number of esters is 1. The number of nitrogens with zero attached hydrogens (tertiary/aromatic N) is 1. The topological polar surface area (TPSA) is 125 Å². The highest BCUT2D eigenvalue weighted by Gasteiger charge is 2.26. The van der Waals surface area contributed by atoms with E-state index in [9.17, 15) is 13.2 Å². The molecular formula is C12H13N3O5S. The number of hydrogen-bond donors (Lipinski definition) is 2. The maximum atomic E-state index is 12.3. The van der Waals surface area contributed by atoms with E-state index in [1.165, 1.54) is 26.2 Å². The number of hydrogen-bond acceptors (Lipinski definition) is 7. The van der Waals surface area contributed by atoms with Crippen LogP contribution in [-0.4, -0.2) is 26.7 Å². The summed E-state index contributed by atoms with van der Waals surface area (Å²) in [6, 6.07) is 6.04. The van der Waals surface area contributed by atoms with Crippen molar-refractivity contribution < 1.29 is 22.5 Å². The molecule has 0 unspecified atom stereocenters. The smallest absolute Gasteiger partial charge is 0.339 e. The Balaban J connectivity index is 2.45. The fourth-order valence-corrected chi connectivity index (χ4v) is 3.06. The van der Waals surface area contributed by atoms with E-state index in [1.54, 1.807) is 12.1 Å². The van der Waals surface area contributed by atoms with Crippen LogP contribution in [0.15, 0.2) is 33.7 Å². The molecule has 1 aromatic heterocycles. The zero-order valence-corrected chi connectivity index (χ0v) is 12.1. The van der Waals surface area contributed by atoms with Gasteiger partial charge in [0.15, 0.2) is 16.5 Å². The van der Waals surface area contributed by atoms with Gasteiger partial charge < -0.3 is 15.0 Å². The van der Waals surface area contributed by atoms with E-state index in [0.717, 1.165) is 0 Å². The van der Waals surface area contributed by atoms with Crippen molar-refractivity contribution in [1.29, 1.82) is 0 Å². The van der Waals surface area contributed by atoms with E-state index in [1.807, 2.05) is 0 Å². The van der Waals surface area contributed by atoms with Gasteiger partial charge in [0.05, 0.1) is 18.4 Å². The fourth-order valence-electron chi connectivity index (χ4n) is 1.76. The van der Waals surface area contributed by atoms with Crippen molar-refractivity contribution in [3.8, 4) is 0 Å². The zero-order chi connectivity index (χ0) is 15.6. The summed E-state index contributed by atoms with van der Waals surface area (Å²) in [5.74, 6) is -0.866. The van der Waals surface area contributed by atoms with E-state index in [2.05, 4.69) is 14.6 Å². The number of nitrogen functional groups attached to an aromatic ring is 1. The normalized spacial score (nSPS) is 11.1. The molecule has 0 aliphatic heterocycles. The number of anilines is 2. The average Bonchev–Trinajstić information content (AvgIpc) is 2.78. The zero-order valence-electron chi connectivity index (χ0n) is 11.3. The number of carbonyl (C=O) groups is 1. The Bertz CT molecular complexity index is 762. The molecule has 1 heterocycles. The molecule has 1 aromatic carbocycles. The van der Waals surface area contributed by atoms with Crippen LogP contribution in [0.3, 0.4) is 0 Å². The van der Waals surface area contributed by atoms with Crippen LogP contribution in [0.2, 0.25) is 0 Å². The lowest BCUT2D eigenvalue weighted by molar-refractivity contribution is 0.0602. The van der Waals surface area contributed by atoms with Crippen molar-refractivity contribution in [3.05, 3.63) is 35.6 Å². The molecule has 0 fully saturated rings. The summed E-state index contributed by atoms with van der Waals surface area (Å²) in [6.45, 7) is 1.42.